The van der Waals surface area contributed by atoms with Gasteiger partial charge in [-0.25, -0.2) is 23.9 Å². The van der Waals surface area contributed by atoms with Crippen LogP contribution in [0.4, 0.5) is 42.2 Å². The molecule has 6 N–H and O–H groups in total. The molecule has 48 heavy (non-hydrogen) atoms. The monoisotopic (exact) mass is 689 g/mol. The molecule has 258 valence electrons. The van der Waals surface area contributed by atoms with Crippen LogP contribution in [0.3, 0.4) is 0 Å². The molecular weight excluding hydrogens is 663 g/mol. The first-order chi connectivity index (χ1) is 22.5. The largest absolute Gasteiger partial charge is 0.493 e. The highest BCUT2D eigenvalue weighted by molar-refractivity contribution is 5.91. The van der Waals surface area contributed by atoms with Crippen molar-refractivity contribution in [3.8, 4) is 5.75 Å². The minimum absolute atomic E-state index is 0.413. The molecule has 2 aromatic carbocycles. The van der Waals surface area contributed by atoms with E-state index in [0.29, 0.717) is 29.6 Å². The molecule has 20 heteroatoms. The van der Waals surface area contributed by atoms with Gasteiger partial charge in [0.2, 0.25) is 5.91 Å². The normalized spacial score (nSPS) is 14.9. The number of halogens is 7. The first kappa shape index (κ1) is 36.9. The van der Waals surface area contributed by atoms with Gasteiger partial charge in [0.1, 0.15) is 23.7 Å². The number of nitrogens with two attached hydrogens (primary N) is 1. The molecule has 5 rings (SSSR count). The molecule has 4 aromatic rings. The van der Waals surface area contributed by atoms with Gasteiger partial charge in [0.25, 0.3) is 0 Å². The van der Waals surface area contributed by atoms with Crippen molar-refractivity contribution in [1.82, 2.24) is 25.1 Å². The van der Waals surface area contributed by atoms with Crippen LogP contribution in [0.2, 0.25) is 0 Å². The minimum atomic E-state index is -5.08. The van der Waals surface area contributed by atoms with Crippen molar-refractivity contribution in [3.63, 3.8) is 0 Å². The molecule has 1 amide bonds. The number of carboxylic acid groups (broad SMARTS) is 2. The summed E-state index contributed by atoms with van der Waals surface area (Å²) >= 11 is 0. The quantitative estimate of drug-likeness (QED) is 0.168. The van der Waals surface area contributed by atoms with Gasteiger partial charge < -0.3 is 31.3 Å². The Kier molecular flexibility index (Phi) is 12.2. The fraction of sp³-hybridized carbons (Fsp3) is 0.286. The van der Waals surface area contributed by atoms with Crippen molar-refractivity contribution in [2.45, 2.75) is 24.8 Å². The Hall–Kier alpha value is -5.53. The maximum absolute atomic E-state index is 13.7. The maximum atomic E-state index is 13.7. The number of nitrogens with zero attached hydrogens (tertiary/aromatic N) is 4. The van der Waals surface area contributed by atoms with E-state index >= 15 is 0 Å². The second kappa shape index (κ2) is 15.8. The Bertz CT molecular complexity index is 1700. The lowest BCUT2D eigenvalue weighted by atomic mass is 10.1. The third-order valence-electron chi connectivity index (χ3n) is 6.30. The highest BCUT2D eigenvalue weighted by Crippen LogP contribution is 2.28. The number of carbonyl (C=O) groups excluding carboxylic acids is 1. The summed E-state index contributed by atoms with van der Waals surface area (Å²) in [4.78, 5) is 38.6. The number of carbonyl (C=O) groups is 3. The zero-order valence-electron chi connectivity index (χ0n) is 24.3. The summed E-state index contributed by atoms with van der Waals surface area (Å²) in [6.45, 7) is 2.68. The average Bonchev–Trinajstić information content (AvgIpc) is 3.68. The standard InChI is InChI=1S/C24H24FN7O2.2C2HF3O2/c25-17-3-1-2-16(8-17)22(23(26)33)32-12-18(11-30-32)31-24-20-5-4-19(9-21(20)28-14-29-24)34-13-15-6-7-27-10-15;2*3-2(4,5)1(6)7/h1-5,8-9,11-12,14-15,22,27H,6-7,10,13H2,(H2,26,33)(H,28,29,31);2*(H,6,7). The molecule has 1 saturated heterocycles. The number of carboxylic acids is 2. The number of fused-ring (bicyclic) bond motifs is 1. The number of nitrogens with one attached hydrogen (secondary N) is 2. The van der Waals surface area contributed by atoms with Gasteiger partial charge in [0, 0.05) is 30.1 Å². The van der Waals surface area contributed by atoms with Crippen LogP contribution in [0.1, 0.15) is 18.0 Å². The van der Waals surface area contributed by atoms with E-state index < -0.39 is 42.1 Å². The predicted octanol–water partition coefficient (Wildman–Crippen LogP) is 4.04. The lowest BCUT2D eigenvalue weighted by Crippen LogP contribution is -2.27. The van der Waals surface area contributed by atoms with Crippen molar-refractivity contribution < 1.29 is 60.1 Å². The first-order valence-corrected chi connectivity index (χ1v) is 13.5. The molecule has 2 unspecified atom stereocenters. The molecule has 3 heterocycles. The first-order valence-electron chi connectivity index (χ1n) is 13.5. The third kappa shape index (κ3) is 10.8. The molecule has 1 fully saturated rings. The van der Waals surface area contributed by atoms with Crippen molar-refractivity contribution >= 4 is 40.3 Å². The highest BCUT2D eigenvalue weighted by atomic mass is 19.4. The maximum Gasteiger partial charge on any atom is 0.490 e. The molecule has 0 bridgehead atoms. The van der Waals surface area contributed by atoms with Crippen LogP contribution < -0.4 is 21.1 Å². The van der Waals surface area contributed by atoms with E-state index in [4.69, 9.17) is 30.3 Å². The van der Waals surface area contributed by atoms with Gasteiger partial charge in [-0.15, -0.1) is 0 Å². The lowest BCUT2D eigenvalue weighted by molar-refractivity contribution is -0.193. The summed E-state index contributed by atoms with van der Waals surface area (Å²) in [6.07, 6.45) is -4.40. The summed E-state index contributed by atoms with van der Waals surface area (Å²) in [5.41, 5.74) is 7.33. The van der Waals surface area contributed by atoms with Gasteiger partial charge in [0.05, 0.1) is 24.0 Å². The Morgan fingerprint density at radius 3 is 2.27 bits per heavy atom. The fourth-order valence-corrected chi connectivity index (χ4v) is 4.10. The minimum Gasteiger partial charge on any atom is -0.493 e. The molecule has 0 saturated carbocycles. The number of hydrogen-bond donors (Lipinski definition) is 5. The Labute approximate surface area is 265 Å². The number of amides is 1. The van der Waals surface area contributed by atoms with Gasteiger partial charge in [-0.1, -0.05) is 12.1 Å². The molecule has 1 aliphatic heterocycles. The van der Waals surface area contributed by atoms with Gasteiger partial charge in [-0.05, 0) is 42.8 Å². The zero-order valence-corrected chi connectivity index (χ0v) is 24.3. The second-order valence-corrected chi connectivity index (χ2v) is 9.87. The smallest absolute Gasteiger partial charge is 0.490 e. The molecule has 13 nitrogen and oxygen atoms in total. The van der Waals surface area contributed by atoms with Gasteiger partial charge >= 0.3 is 24.3 Å². The van der Waals surface area contributed by atoms with Gasteiger partial charge in [-0.3, -0.25) is 9.48 Å². The highest BCUT2D eigenvalue weighted by Gasteiger charge is 2.38. The molecule has 0 radical (unpaired) electrons. The lowest BCUT2D eigenvalue weighted by Gasteiger charge is -2.14. The predicted molar refractivity (Wildman–Crippen MR) is 153 cm³/mol. The number of aliphatic carboxylic acids is 2. The molecule has 1 aliphatic rings. The molecule has 0 spiro atoms. The molecule has 2 atom stereocenters. The van der Waals surface area contributed by atoms with Crippen molar-refractivity contribution in [2.75, 3.05) is 25.0 Å². The SMILES string of the molecule is NC(=O)C(c1cccc(F)c1)n1cc(Nc2ncnc3cc(OCC4CCNC4)ccc23)cn1.O=C(O)C(F)(F)F.O=C(O)C(F)(F)F. The summed E-state index contributed by atoms with van der Waals surface area (Å²) < 4.78 is 84.5. The number of aromatic nitrogens is 4. The van der Waals surface area contributed by atoms with Gasteiger partial charge in [0.15, 0.2) is 6.04 Å². The summed E-state index contributed by atoms with van der Waals surface area (Å²) in [6, 6.07) is 10.5. The summed E-state index contributed by atoms with van der Waals surface area (Å²) in [7, 11) is 0. The van der Waals surface area contributed by atoms with Crippen LogP contribution in [0.25, 0.3) is 10.9 Å². The number of ether oxygens (including phenoxy) is 1. The van der Waals surface area contributed by atoms with E-state index in [1.54, 1.807) is 18.5 Å². The van der Waals surface area contributed by atoms with E-state index in [1.165, 1.54) is 29.2 Å². The Morgan fingerprint density at radius 2 is 1.71 bits per heavy atom. The van der Waals surface area contributed by atoms with Crippen LogP contribution in [0, 0.1) is 11.7 Å². The van der Waals surface area contributed by atoms with E-state index in [-0.39, 0.29) is 0 Å². The fourth-order valence-electron chi connectivity index (χ4n) is 4.10. The number of benzene rings is 2. The number of hydrogen-bond acceptors (Lipinski definition) is 9. The van der Waals surface area contributed by atoms with Crippen LogP contribution in [0.5, 0.6) is 5.75 Å². The number of anilines is 2. The van der Waals surface area contributed by atoms with Gasteiger partial charge in [-0.2, -0.15) is 31.4 Å². The summed E-state index contributed by atoms with van der Waals surface area (Å²) in [5, 5.41) is 25.9. The zero-order chi connectivity index (χ0) is 35.6. The van der Waals surface area contributed by atoms with Crippen molar-refractivity contribution in [2.24, 2.45) is 11.7 Å². The Balaban J connectivity index is 0.000000376. The van der Waals surface area contributed by atoms with E-state index in [9.17, 15) is 35.5 Å². The number of primary amides is 1. The van der Waals surface area contributed by atoms with Crippen LogP contribution in [-0.4, -0.2) is 79.9 Å². The number of alkyl halides is 6. The average molecular weight is 690 g/mol. The Morgan fingerprint density at radius 1 is 1.04 bits per heavy atom. The van der Waals surface area contributed by atoms with Crippen molar-refractivity contribution in [3.05, 3.63) is 72.6 Å². The van der Waals surface area contributed by atoms with Crippen molar-refractivity contribution in [1.29, 1.82) is 0 Å². The topological polar surface area (TPSA) is 195 Å². The van der Waals surface area contributed by atoms with E-state index in [1.807, 2.05) is 18.2 Å². The molecule has 2 aromatic heterocycles. The van der Waals surface area contributed by atoms with E-state index in [0.717, 1.165) is 36.2 Å². The number of rotatable bonds is 8. The van der Waals surface area contributed by atoms with Crippen LogP contribution in [-0.2, 0) is 14.4 Å². The second-order valence-electron chi connectivity index (χ2n) is 9.87. The van der Waals surface area contributed by atoms with Crippen LogP contribution in [0.15, 0.2) is 61.2 Å². The molecular formula is C28H26F7N7O6. The summed E-state index contributed by atoms with van der Waals surface area (Å²) in [5.74, 6) is -4.75. The molecule has 0 aliphatic carbocycles. The third-order valence-corrected chi connectivity index (χ3v) is 6.30. The van der Waals surface area contributed by atoms with E-state index in [2.05, 4.69) is 25.7 Å². The van der Waals surface area contributed by atoms with Crippen LogP contribution >= 0.6 is 0 Å².